The van der Waals surface area contributed by atoms with Crippen molar-refractivity contribution in [3.8, 4) is 0 Å². The lowest BCUT2D eigenvalue weighted by atomic mass is 10.1. The number of amides is 1. The van der Waals surface area contributed by atoms with Crippen molar-refractivity contribution in [3.63, 3.8) is 0 Å². The first kappa shape index (κ1) is 14.0. The second-order valence-electron chi connectivity index (χ2n) is 4.55. The summed E-state index contributed by atoms with van der Waals surface area (Å²) < 4.78 is 26.9. The van der Waals surface area contributed by atoms with Gasteiger partial charge in [-0.25, -0.2) is 13.1 Å². The first-order chi connectivity index (χ1) is 8.99. The van der Waals surface area contributed by atoms with Gasteiger partial charge in [0.05, 0.1) is 4.90 Å². The van der Waals surface area contributed by atoms with E-state index in [0.29, 0.717) is 12.1 Å². The molecule has 1 aliphatic heterocycles. The molecule has 7 heteroatoms. The fourth-order valence-electron chi connectivity index (χ4n) is 2.04. The lowest BCUT2D eigenvalue weighted by Gasteiger charge is -2.23. The van der Waals surface area contributed by atoms with Crippen molar-refractivity contribution in [2.24, 2.45) is 5.73 Å². The molecule has 0 aromatic heterocycles. The summed E-state index contributed by atoms with van der Waals surface area (Å²) in [7, 11) is -3.54. The minimum atomic E-state index is -3.54. The smallest absolute Gasteiger partial charge is 0.248 e. The van der Waals surface area contributed by atoms with Crippen molar-refractivity contribution in [2.75, 3.05) is 13.1 Å². The highest BCUT2D eigenvalue weighted by molar-refractivity contribution is 7.89. The summed E-state index contributed by atoms with van der Waals surface area (Å²) in [6.07, 6.45) is 1.78. The molecule has 1 aromatic carbocycles. The average molecular weight is 283 g/mol. The van der Waals surface area contributed by atoms with Crippen molar-refractivity contribution >= 4 is 15.9 Å². The number of piperidine rings is 1. The van der Waals surface area contributed by atoms with Crippen LogP contribution < -0.4 is 15.8 Å². The first-order valence-corrected chi connectivity index (χ1v) is 7.60. The maximum absolute atomic E-state index is 12.1. The summed E-state index contributed by atoms with van der Waals surface area (Å²) in [6, 6.07) is 5.51. The molecule has 19 heavy (non-hydrogen) atoms. The van der Waals surface area contributed by atoms with Crippen LogP contribution in [0.5, 0.6) is 0 Å². The summed E-state index contributed by atoms with van der Waals surface area (Å²) in [5.41, 5.74) is 5.40. The predicted molar refractivity (Wildman–Crippen MR) is 71.2 cm³/mol. The monoisotopic (exact) mass is 283 g/mol. The van der Waals surface area contributed by atoms with E-state index < -0.39 is 15.9 Å². The van der Waals surface area contributed by atoms with Crippen molar-refractivity contribution < 1.29 is 13.2 Å². The molecular formula is C12H17N3O3S. The van der Waals surface area contributed by atoms with Crippen LogP contribution in [0.1, 0.15) is 23.2 Å². The molecule has 1 heterocycles. The van der Waals surface area contributed by atoms with Gasteiger partial charge in [-0.15, -0.1) is 0 Å². The van der Waals surface area contributed by atoms with Crippen molar-refractivity contribution in [3.05, 3.63) is 29.8 Å². The number of carbonyl (C=O) groups excluding carboxylic acids is 1. The maximum Gasteiger partial charge on any atom is 0.248 e. The molecule has 1 amide bonds. The van der Waals surface area contributed by atoms with Crippen molar-refractivity contribution in [2.45, 2.75) is 23.8 Å². The van der Waals surface area contributed by atoms with Crippen LogP contribution in [0, 0.1) is 0 Å². The summed E-state index contributed by atoms with van der Waals surface area (Å²) in [5.74, 6) is -0.576. The van der Waals surface area contributed by atoms with Crippen molar-refractivity contribution in [1.29, 1.82) is 0 Å². The summed E-state index contributed by atoms with van der Waals surface area (Å²) in [5, 5.41) is 3.14. The lowest BCUT2D eigenvalue weighted by molar-refractivity contribution is 0.1000. The van der Waals surface area contributed by atoms with Crippen LogP contribution in [0.25, 0.3) is 0 Å². The number of carbonyl (C=O) groups is 1. The number of benzene rings is 1. The van der Waals surface area contributed by atoms with E-state index in [-0.39, 0.29) is 10.9 Å². The zero-order valence-electron chi connectivity index (χ0n) is 10.4. The normalized spacial score (nSPS) is 20.1. The number of hydrogen-bond acceptors (Lipinski definition) is 4. The SMILES string of the molecule is NC(=O)c1ccc(S(=O)(=O)N[C@@H]2CCCNC2)cc1. The molecule has 4 N–H and O–H groups in total. The van der Waals surface area contributed by atoms with E-state index in [1.165, 1.54) is 24.3 Å². The third-order valence-corrected chi connectivity index (χ3v) is 4.60. The maximum atomic E-state index is 12.1. The molecule has 0 saturated carbocycles. The number of rotatable bonds is 4. The van der Waals surface area contributed by atoms with Crippen molar-refractivity contribution in [1.82, 2.24) is 10.0 Å². The van der Waals surface area contributed by atoms with Crippen LogP contribution >= 0.6 is 0 Å². The third-order valence-electron chi connectivity index (χ3n) is 3.07. The Bertz CT molecular complexity index is 548. The van der Waals surface area contributed by atoms with Gasteiger partial charge in [-0.2, -0.15) is 0 Å². The predicted octanol–water partition coefficient (Wildman–Crippen LogP) is -0.184. The molecule has 1 aromatic rings. The van der Waals surface area contributed by atoms with Crippen LogP contribution in [0.2, 0.25) is 0 Å². The minimum absolute atomic E-state index is 0.0884. The van der Waals surface area contributed by atoms with Gasteiger partial charge in [0.25, 0.3) is 0 Å². The Morgan fingerprint density at radius 2 is 2.00 bits per heavy atom. The molecule has 2 rings (SSSR count). The van der Waals surface area contributed by atoms with Gasteiger partial charge in [0.2, 0.25) is 15.9 Å². The highest BCUT2D eigenvalue weighted by Crippen LogP contribution is 2.12. The second-order valence-corrected chi connectivity index (χ2v) is 6.27. The second kappa shape index (κ2) is 5.68. The van der Waals surface area contributed by atoms with Crippen LogP contribution in [-0.2, 0) is 10.0 Å². The molecule has 0 bridgehead atoms. The van der Waals surface area contributed by atoms with Crippen LogP contribution in [0.15, 0.2) is 29.2 Å². The van der Waals surface area contributed by atoms with Gasteiger partial charge < -0.3 is 11.1 Å². The molecule has 0 aliphatic carbocycles. The Kier molecular flexibility index (Phi) is 4.18. The zero-order valence-corrected chi connectivity index (χ0v) is 11.2. The van der Waals surface area contributed by atoms with Gasteiger partial charge in [-0.05, 0) is 43.7 Å². The molecule has 6 nitrogen and oxygen atoms in total. The molecule has 0 spiro atoms. The minimum Gasteiger partial charge on any atom is -0.366 e. The van der Waals surface area contributed by atoms with E-state index in [1.807, 2.05) is 0 Å². The van der Waals surface area contributed by atoms with Gasteiger partial charge in [-0.3, -0.25) is 4.79 Å². The average Bonchev–Trinajstić information content (AvgIpc) is 2.39. The van der Waals surface area contributed by atoms with Crippen LogP contribution in [0.3, 0.4) is 0 Å². The molecule has 1 fully saturated rings. The molecular weight excluding hydrogens is 266 g/mol. The lowest BCUT2D eigenvalue weighted by Crippen LogP contribution is -2.45. The summed E-state index contributed by atoms with van der Waals surface area (Å²) in [6.45, 7) is 1.56. The number of sulfonamides is 1. The zero-order chi connectivity index (χ0) is 13.9. The number of nitrogens with two attached hydrogens (primary N) is 1. The van der Waals surface area contributed by atoms with E-state index in [0.717, 1.165) is 19.4 Å². The number of hydrogen-bond donors (Lipinski definition) is 3. The Balaban J connectivity index is 2.12. The number of primary amides is 1. The number of nitrogens with one attached hydrogen (secondary N) is 2. The van der Waals surface area contributed by atoms with Gasteiger partial charge in [0.15, 0.2) is 0 Å². The van der Waals surface area contributed by atoms with E-state index in [4.69, 9.17) is 5.73 Å². The standard InChI is InChI=1S/C12H17N3O3S/c13-12(16)9-3-5-11(6-4-9)19(17,18)15-10-2-1-7-14-8-10/h3-6,10,14-15H,1-2,7-8H2,(H2,13,16)/t10-/m1/s1. The van der Waals surface area contributed by atoms with E-state index >= 15 is 0 Å². The Morgan fingerprint density at radius 3 is 2.53 bits per heavy atom. The Hall–Kier alpha value is -1.44. The van der Waals surface area contributed by atoms with Crippen LogP contribution in [0.4, 0.5) is 0 Å². The molecule has 0 unspecified atom stereocenters. The Morgan fingerprint density at radius 1 is 1.32 bits per heavy atom. The summed E-state index contributed by atoms with van der Waals surface area (Å²) >= 11 is 0. The molecule has 1 saturated heterocycles. The fraction of sp³-hybridized carbons (Fsp3) is 0.417. The first-order valence-electron chi connectivity index (χ1n) is 6.12. The molecule has 1 aliphatic rings. The van der Waals surface area contributed by atoms with Gasteiger partial charge in [0.1, 0.15) is 0 Å². The molecule has 1 atom stereocenters. The fourth-order valence-corrected chi connectivity index (χ4v) is 3.31. The highest BCUT2D eigenvalue weighted by atomic mass is 32.2. The van der Waals surface area contributed by atoms with E-state index in [9.17, 15) is 13.2 Å². The quantitative estimate of drug-likeness (QED) is 0.713. The Labute approximate surface area is 112 Å². The van der Waals surface area contributed by atoms with E-state index in [2.05, 4.69) is 10.0 Å². The van der Waals surface area contributed by atoms with Gasteiger partial charge in [-0.1, -0.05) is 0 Å². The van der Waals surface area contributed by atoms with Gasteiger partial charge >= 0.3 is 0 Å². The third kappa shape index (κ3) is 3.52. The van der Waals surface area contributed by atoms with Crippen LogP contribution in [-0.4, -0.2) is 33.5 Å². The molecule has 0 radical (unpaired) electrons. The summed E-state index contributed by atoms with van der Waals surface area (Å²) in [4.78, 5) is 11.1. The van der Waals surface area contributed by atoms with E-state index in [1.54, 1.807) is 0 Å². The topological polar surface area (TPSA) is 101 Å². The highest BCUT2D eigenvalue weighted by Gasteiger charge is 2.21. The molecule has 104 valence electrons. The largest absolute Gasteiger partial charge is 0.366 e. The van der Waals surface area contributed by atoms with Gasteiger partial charge in [0, 0.05) is 18.2 Å².